The molecule has 1 atom stereocenters. The van der Waals surface area contributed by atoms with Crippen molar-refractivity contribution in [2.45, 2.75) is 18.9 Å². The van der Waals surface area contributed by atoms with Crippen molar-refractivity contribution in [3.63, 3.8) is 0 Å². The maximum absolute atomic E-state index is 13.2. The zero-order valence-corrected chi connectivity index (χ0v) is 16.4. The third-order valence-corrected chi connectivity index (χ3v) is 5.63. The summed E-state index contributed by atoms with van der Waals surface area (Å²) in [4.78, 5) is 31.1. The molecule has 0 bridgehead atoms. The number of nitrogens with zero attached hydrogens (tertiary/aromatic N) is 3. The van der Waals surface area contributed by atoms with Crippen LogP contribution in [0.3, 0.4) is 0 Å². The first-order valence-electron chi connectivity index (χ1n) is 9.82. The fraction of sp³-hybridized carbons (Fsp3) is 0.364. The van der Waals surface area contributed by atoms with Crippen molar-refractivity contribution in [3.05, 3.63) is 54.3 Å². The molecule has 2 aromatic carbocycles. The van der Waals surface area contributed by atoms with Crippen LogP contribution in [0.4, 0.5) is 15.8 Å². The summed E-state index contributed by atoms with van der Waals surface area (Å²) in [6, 6.07) is 13.1. The third-order valence-electron chi connectivity index (χ3n) is 5.63. The Hall–Kier alpha value is -3.09. The minimum absolute atomic E-state index is 0.0328. The quantitative estimate of drug-likeness (QED) is 0.796. The fourth-order valence-electron chi connectivity index (χ4n) is 4.03. The molecule has 0 N–H and O–H groups in total. The number of methoxy groups -OCH3 is 1. The number of ether oxygens (including phenoxy) is 1. The van der Waals surface area contributed by atoms with E-state index in [4.69, 9.17) is 4.74 Å². The zero-order valence-electron chi connectivity index (χ0n) is 16.4. The molecule has 6 nitrogen and oxygen atoms in total. The van der Waals surface area contributed by atoms with Gasteiger partial charge in [0.05, 0.1) is 7.11 Å². The molecule has 2 aliphatic rings. The van der Waals surface area contributed by atoms with Crippen molar-refractivity contribution in [3.8, 4) is 5.75 Å². The second-order valence-electron chi connectivity index (χ2n) is 7.30. The third kappa shape index (κ3) is 3.90. The molecule has 0 aromatic heterocycles. The molecule has 29 heavy (non-hydrogen) atoms. The van der Waals surface area contributed by atoms with Crippen LogP contribution in [-0.4, -0.2) is 56.0 Å². The maximum atomic E-state index is 13.2. The van der Waals surface area contributed by atoms with E-state index in [-0.39, 0.29) is 17.6 Å². The first kappa shape index (κ1) is 19.2. The van der Waals surface area contributed by atoms with Gasteiger partial charge in [-0.15, -0.1) is 0 Å². The second kappa shape index (κ2) is 8.11. The largest absolute Gasteiger partial charge is 0.497 e. The summed E-state index contributed by atoms with van der Waals surface area (Å²) in [5, 5.41) is 0. The first-order valence-corrected chi connectivity index (χ1v) is 9.82. The summed E-state index contributed by atoms with van der Waals surface area (Å²) in [5.41, 5.74) is 1.67. The maximum Gasteiger partial charge on any atom is 0.245 e. The standard InChI is InChI=1S/C22H24FN3O3/c1-29-19-8-6-17(7-9-19)24-12-14-25(15-13-24)22(28)20-10-11-21(27)26(20)18-4-2-16(23)3-5-18/h2-9,20H,10-15H2,1H3. The molecule has 0 radical (unpaired) electrons. The summed E-state index contributed by atoms with van der Waals surface area (Å²) in [6.45, 7) is 2.67. The molecule has 2 aromatic rings. The monoisotopic (exact) mass is 397 g/mol. The lowest BCUT2D eigenvalue weighted by Gasteiger charge is -2.38. The smallest absolute Gasteiger partial charge is 0.245 e. The minimum atomic E-state index is -0.513. The average molecular weight is 397 g/mol. The number of anilines is 2. The van der Waals surface area contributed by atoms with Crippen LogP contribution < -0.4 is 14.5 Å². The van der Waals surface area contributed by atoms with Gasteiger partial charge in [0.15, 0.2) is 0 Å². The van der Waals surface area contributed by atoms with Gasteiger partial charge >= 0.3 is 0 Å². The minimum Gasteiger partial charge on any atom is -0.497 e. The van der Waals surface area contributed by atoms with E-state index in [1.165, 1.54) is 17.0 Å². The van der Waals surface area contributed by atoms with Gasteiger partial charge in [0, 0.05) is 44.0 Å². The van der Waals surface area contributed by atoms with E-state index in [0.717, 1.165) is 24.5 Å². The van der Waals surface area contributed by atoms with Crippen LogP contribution in [-0.2, 0) is 9.59 Å². The molecule has 7 heteroatoms. The van der Waals surface area contributed by atoms with Gasteiger partial charge < -0.3 is 14.5 Å². The number of rotatable bonds is 4. The Morgan fingerprint density at radius 3 is 2.21 bits per heavy atom. The summed E-state index contributed by atoms with van der Waals surface area (Å²) in [5.74, 6) is 0.327. The number of carbonyl (C=O) groups is 2. The van der Waals surface area contributed by atoms with Crippen molar-refractivity contribution in [1.82, 2.24) is 4.90 Å². The van der Waals surface area contributed by atoms with Crippen LogP contribution in [0.1, 0.15) is 12.8 Å². The number of benzene rings is 2. The predicted molar refractivity (Wildman–Crippen MR) is 109 cm³/mol. The summed E-state index contributed by atoms with van der Waals surface area (Å²) < 4.78 is 18.4. The molecule has 0 aliphatic carbocycles. The van der Waals surface area contributed by atoms with Crippen LogP contribution >= 0.6 is 0 Å². The Morgan fingerprint density at radius 2 is 1.59 bits per heavy atom. The van der Waals surface area contributed by atoms with Crippen molar-refractivity contribution in [2.75, 3.05) is 43.1 Å². The predicted octanol–water partition coefficient (Wildman–Crippen LogP) is 2.68. The van der Waals surface area contributed by atoms with E-state index in [0.29, 0.717) is 31.6 Å². The van der Waals surface area contributed by atoms with E-state index in [9.17, 15) is 14.0 Å². The van der Waals surface area contributed by atoms with E-state index in [2.05, 4.69) is 4.90 Å². The highest BCUT2D eigenvalue weighted by atomic mass is 19.1. The van der Waals surface area contributed by atoms with E-state index in [1.54, 1.807) is 19.2 Å². The lowest BCUT2D eigenvalue weighted by Crippen LogP contribution is -2.54. The highest BCUT2D eigenvalue weighted by Gasteiger charge is 2.39. The molecule has 2 amide bonds. The number of hydrogen-bond donors (Lipinski definition) is 0. The molecule has 152 valence electrons. The van der Waals surface area contributed by atoms with Gasteiger partial charge in [0.25, 0.3) is 0 Å². The van der Waals surface area contributed by atoms with Crippen molar-refractivity contribution in [1.29, 1.82) is 0 Å². The van der Waals surface area contributed by atoms with Crippen LogP contribution in [0.2, 0.25) is 0 Å². The molecule has 2 fully saturated rings. The molecule has 0 spiro atoms. The Bertz CT molecular complexity index is 877. The lowest BCUT2D eigenvalue weighted by molar-refractivity contribution is -0.133. The van der Waals surface area contributed by atoms with Crippen LogP contribution in [0.5, 0.6) is 5.75 Å². The highest BCUT2D eigenvalue weighted by molar-refractivity contribution is 6.03. The number of carbonyl (C=O) groups excluding carboxylic acids is 2. The summed E-state index contributed by atoms with van der Waals surface area (Å²) in [6.07, 6.45) is 0.827. The van der Waals surface area contributed by atoms with Gasteiger partial charge in [-0.3, -0.25) is 14.5 Å². The normalized spacial score (nSPS) is 19.6. The van der Waals surface area contributed by atoms with E-state index in [1.807, 2.05) is 29.2 Å². The summed E-state index contributed by atoms with van der Waals surface area (Å²) >= 11 is 0. The van der Waals surface area contributed by atoms with Crippen LogP contribution in [0.15, 0.2) is 48.5 Å². The molecular formula is C22H24FN3O3. The van der Waals surface area contributed by atoms with Crippen LogP contribution in [0.25, 0.3) is 0 Å². The van der Waals surface area contributed by atoms with Gasteiger partial charge in [0.2, 0.25) is 11.8 Å². The fourth-order valence-corrected chi connectivity index (χ4v) is 4.03. The van der Waals surface area contributed by atoms with E-state index >= 15 is 0 Å². The van der Waals surface area contributed by atoms with Crippen LogP contribution in [0, 0.1) is 5.82 Å². The topological polar surface area (TPSA) is 53.1 Å². The van der Waals surface area contributed by atoms with Gasteiger partial charge in [-0.1, -0.05) is 0 Å². The number of halogens is 1. The average Bonchev–Trinajstić information content (AvgIpc) is 3.15. The Balaban J connectivity index is 1.42. The Morgan fingerprint density at radius 1 is 0.966 bits per heavy atom. The summed E-state index contributed by atoms with van der Waals surface area (Å²) in [7, 11) is 1.64. The molecular weight excluding hydrogens is 373 g/mol. The van der Waals surface area contributed by atoms with Gasteiger partial charge in [-0.2, -0.15) is 0 Å². The van der Waals surface area contributed by atoms with Crippen molar-refractivity contribution in [2.24, 2.45) is 0 Å². The molecule has 2 heterocycles. The lowest BCUT2D eigenvalue weighted by atomic mass is 10.1. The van der Waals surface area contributed by atoms with Gasteiger partial charge in [-0.05, 0) is 55.0 Å². The Kier molecular flexibility index (Phi) is 5.38. The molecule has 2 aliphatic heterocycles. The number of amides is 2. The van der Waals surface area contributed by atoms with Crippen molar-refractivity contribution < 1.29 is 18.7 Å². The van der Waals surface area contributed by atoms with Gasteiger partial charge in [-0.25, -0.2) is 4.39 Å². The SMILES string of the molecule is COc1ccc(N2CCN(C(=O)C3CCC(=O)N3c3ccc(F)cc3)CC2)cc1. The Labute approximate surface area is 169 Å². The molecule has 1 unspecified atom stereocenters. The van der Waals surface area contributed by atoms with Crippen molar-refractivity contribution >= 4 is 23.2 Å². The van der Waals surface area contributed by atoms with Gasteiger partial charge in [0.1, 0.15) is 17.6 Å². The second-order valence-corrected chi connectivity index (χ2v) is 7.30. The molecule has 0 saturated carbocycles. The highest BCUT2D eigenvalue weighted by Crippen LogP contribution is 2.29. The zero-order chi connectivity index (χ0) is 20.4. The molecule has 4 rings (SSSR count). The number of piperazine rings is 1. The number of hydrogen-bond acceptors (Lipinski definition) is 4. The van der Waals surface area contributed by atoms with E-state index < -0.39 is 6.04 Å². The first-order chi connectivity index (χ1) is 14.1. The molecule has 2 saturated heterocycles.